The van der Waals surface area contributed by atoms with Gasteiger partial charge in [0.05, 0.1) is 5.54 Å². The highest BCUT2D eigenvalue weighted by molar-refractivity contribution is 8.17. The average Bonchev–Trinajstić information content (AvgIpc) is 2.68. The molecule has 5 nitrogen and oxygen atoms in total. The molecule has 0 saturated heterocycles. The van der Waals surface area contributed by atoms with Crippen LogP contribution in [0.25, 0.3) is 0 Å². The van der Waals surface area contributed by atoms with Gasteiger partial charge in [-0.05, 0) is 42.2 Å². The molecule has 1 atom stereocenters. The van der Waals surface area contributed by atoms with Gasteiger partial charge in [-0.25, -0.2) is 4.39 Å². The van der Waals surface area contributed by atoms with Crippen LogP contribution in [0.3, 0.4) is 0 Å². The van der Waals surface area contributed by atoms with E-state index in [1.165, 1.54) is 0 Å². The Morgan fingerprint density at radius 1 is 1.13 bits per heavy atom. The molecule has 1 heterocycles. The zero-order valence-electron chi connectivity index (χ0n) is 16.2. The second-order valence-corrected chi connectivity index (χ2v) is 8.14. The maximum atomic E-state index is 14.6. The molecule has 2 amide bonds. The van der Waals surface area contributed by atoms with Crippen LogP contribution in [0.5, 0.6) is 0 Å². The maximum Gasteiger partial charge on any atom is 0.471 e. The number of halogens is 4. The van der Waals surface area contributed by atoms with Crippen LogP contribution in [0.2, 0.25) is 0 Å². The van der Waals surface area contributed by atoms with Crippen LogP contribution in [0.15, 0.2) is 65.0 Å². The van der Waals surface area contributed by atoms with E-state index in [4.69, 9.17) is 0 Å². The van der Waals surface area contributed by atoms with Crippen molar-refractivity contribution < 1.29 is 27.2 Å². The summed E-state index contributed by atoms with van der Waals surface area (Å²) in [7, 11) is 0. The van der Waals surface area contributed by atoms with E-state index >= 15 is 0 Å². The third-order valence-corrected chi connectivity index (χ3v) is 5.27. The van der Waals surface area contributed by atoms with Gasteiger partial charge in [0.25, 0.3) is 5.91 Å². The van der Waals surface area contributed by atoms with Crippen LogP contribution in [0.1, 0.15) is 29.3 Å². The lowest BCUT2D eigenvalue weighted by molar-refractivity contribution is -0.167. The number of carbonyl (C=O) groups excluding carboxylic acids is 2. The highest BCUT2D eigenvalue weighted by Crippen LogP contribution is 2.42. The van der Waals surface area contributed by atoms with E-state index in [1.807, 2.05) is 0 Å². The fourth-order valence-electron chi connectivity index (χ4n) is 3.03. The molecule has 0 radical (unpaired) electrons. The van der Waals surface area contributed by atoms with Gasteiger partial charge in [-0.3, -0.25) is 14.6 Å². The normalized spacial score (nSPS) is 18.9. The van der Waals surface area contributed by atoms with Crippen LogP contribution in [0, 0.1) is 5.82 Å². The van der Waals surface area contributed by atoms with Gasteiger partial charge in [-0.1, -0.05) is 36.5 Å². The summed E-state index contributed by atoms with van der Waals surface area (Å²) < 4.78 is 52.3. The minimum Gasteiger partial charge on any atom is -0.318 e. The van der Waals surface area contributed by atoms with Crippen LogP contribution in [-0.4, -0.2) is 23.2 Å². The van der Waals surface area contributed by atoms with E-state index in [1.54, 1.807) is 42.6 Å². The number of hydrogen-bond donors (Lipinski definition) is 2. The number of aliphatic imine (C=N–C) groups is 1. The van der Waals surface area contributed by atoms with Crippen molar-refractivity contribution in [3.8, 4) is 0 Å². The molecule has 1 aliphatic rings. The SMILES string of the molecule is C=C1C[C@@](C)(c2cc(NC(=O)C(F)(F)F)ccc2F)N=C(NC(=O)c2ccccc2)S1. The van der Waals surface area contributed by atoms with E-state index in [-0.39, 0.29) is 22.8 Å². The summed E-state index contributed by atoms with van der Waals surface area (Å²) in [5.74, 6) is -3.31. The molecule has 162 valence electrons. The first kappa shape index (κ1) is 22.5. The van der Waals surface area contributed by atoms with Gasteiger partial charge in [-0.2, -0.15) is 13.2 Å². The fourth-order valence-corrected chi connectivity index (χ4v) is 4.05. The first-order valence-corrected chi connectivity index (χ1v) is 9.80. The summed E-state index contributed by atoms with van der Waals surface area (Å²) in [5, 5.41) is 4.53. The van der Waals surface area contributed by atoms with E-state index < -0.39 is 29.3 Å². The molecular formula is C21H17F4N3O2S. The molecule has 2 aromatic rings. The second kappa shape index (κ2) is 8.54. The molecule has 2 aromatic carbocycles. The Kier molecular flexibility index (Phi) is 6.21. The number of nitrogens with one attached hydrogen (secondary N) is 2. The van der Waals surface area contributed by atoms with Crippen molar-refractivity contribution in [2.75, 3.05) is 5.32 Å². The molecule has 0 saturated carbocycles. The molecule has 0 aliphatic carbocycles. The predicted molar refractivity (Wildman–Crippen MR) is 111 cm³/mol. The topological polar surface area (TPSA) is 70.6 Å². The summed E-state index contributed by atoms with van der Waals surface area (Å²) in [5.41, 5.74) is -1.13. The number of rotatable bonds is 3. The van der Waals surface area contributed by atoms with Crippen molar-refractivity contribution in [2.45, 2.75) is 25.1 Å². The first-order chi connectivity index (χ1) is 14.5. The summed E-state index contributed by atoms with van der Waals surface area (Å²) >= 11 is 1.11. The van der Waals surface area contributed by atoms with Gasteiger partial charge in [0.1, 0.15) is 5.82 Å². The van der Waals surface area contributed by atoms with Crippen LogP contribution in [0.4, 0.5) is 23.2 Å². The van der Waals surface area contributed by atoms with Gasteiger partial charge in [0.15, 0.2) is 5.17 Å². The van der Waals surface area contributed by atoms with E-state index in [0.717, 1.165) is 30.0 Å². The van der Waals surface area contributed by atoms with E-state index in [0.29, 0.717) is 10.5 Å². The highest BCUT2D eigenvalue weighted by atomic mass is 32.2. The van der Waals surface area contributed by atoms with Gasteiger partial charge >= 0.3 is 12.1 Å². The molecule has 0 aromatic heterocycles. The van der Waals surface area contributed by atoms with E-state index in [9.17, 15) is 27.2 Å². The van der Waals surface area contributed by atoms with E-state index in [2.05, 4.69) is 16.9 Å². The molecule has 3 rings (SSSR count). The Morgan fingerprint density at radius 3 is 2.45 bits per heavy atom. The van der Waals surface area contributed by atoms with Crippen LogP contribution < -0.4 is 10.6 Å². The van der Waals surface area contributed by atoms with Crippen molar-refractivity contribution in [2.24, 2.45) is 4.99 Å². The Bertz CT molecular complexity index is 1070. The number of nitrogens with zero attached hydrogens (tertiary/aromatic N) is 1. The molecular weight excluding hydrogens is 434 g/mol. The molecule has 1 aliphatic heterocycles. The first-order valence-electron chi connectivity index (χ1n) is 8.98. The standard InChI is InChI=1S/C21H17F4N3O2S/c1-12-11-20(2,28-19(31-12)27-17(29)13-6-4-3-5-7-13)15-10-14(8-9-16(15)22)26-18(30)21(23,24)25/h3-10H,1,11H2,2H3,(H,26,30)(H,27,28,29)/t20-/m0/s1. The molecule has 0 unspecified atom stereocenters. The van der Waals surface area contributed by atoms with Crippen molar-refractivity contribution in [3.63, 3.8) is 0 Å². The smallest absolute Gasteiger partial charge is 0.318 e. The molecule has 2 N–H and O–H groups in total. The summed E-state index contributed by atoms with van der Waals surface area (Å²) in [4.78, 5) is 28.7. The number of amidine groups is 1. The Hall–Kier alpha value is -3.14. The molecule has 0 spiro atoms. The van der Waals surface area contributed by atoms with Gasteiger partial charge < -0.3 is 10.6 Å². The number of carbonyl (C=O) groups is 2. The second-order valence-electron chi connectivity index (χ2n) is 6.97. The fraction of sp³-hybridized carbons (Fsp3) is 0.190. The maximum absolute atomic E-state index is 14.6. The monoisotopic (exact) mass is 451 g/mol. The Labute approximate surface area is 179 Å². The van der Waals surface area contributed by atoms with Crippen molar-refractivity contribution in [1.29, 1.82) is 0 Å². The van der Waals surface area contributed by atoms with Crippen molar-refractivity contribution in [3.05, 3.63) is 77.0 Å². The summed E-state index contributed by atoms with van der Waals surface area (Å²) in [6, 6.07) is 11.5. The molecule has 0 bridgehead atoms. The quantitative estimate of drug-likeness (QED) is 0.647. The number of benzene rings is 2. The number of amides is 2. The Balaban J connectivity index is 1.92. The minimum absolute atomic E-state index is 0.0413. The zero-order valence-corrected chi connectivity index (χ0v) is 17.0. The molecule has 10 heteroatoms. The number of thioether (sulfide) groups is 1. The average molecular weight is 451 g/mol. The Morgan fingerprint density at radius 2 is 1.81 bits per heavy atom. The zero-order chi connectivity index (χ0) is 22.8. The van der Waals surface area contributed by atoms with Gasteiger partial charge in [0.2, 0.25) is 0 Å². The largest absolute Gasteiger partial charge is 0.471 e. The minimum atomic E-state index is -5.08. The molecule has 31 heavy (non-hydrogen) atoms. The lowest BCUT2D eigenvalue weighted by Gasteiger charge is -2.32. The number of anilines is 1. The van der Waals surface area contributed by atoms with Gasteiger partial charge in [0, 0.05) is 23.2 Å². The lowest BCUT2D eigenvalue weighted by Crippen LogP contribution is -2.35. The summed E-state index contributed by atoms with van der Waals surface area (Å²) in [6.45, 7) is 5.46. The molecule has 0 fully saturated rings. The highest BCUT2D eigenvalue weighted by Gasteiger charge is 2.39. The number of hydrogen-bond acceptors (Lipinski definition) is 4. The van der Waals surface area contributed by atoms with Crippen LogP contribution >= 0.6 is 11.8 Å². The van der Waals surface area contributed by atoms with Crippen LogP contribution in [-0.2, 0) is 10.3 Å². The predicted octanol–water partition coefficient (Wildman–Crippen LogP) is 4.98. The number of alkyl halides is 3. The lowest BCUT2D eigenvalue weighted by atomic mass is 9.88. The van der Waals surface area contributed by atoms with Gasteiger partial charge in [-0.15, -0.1) is 0 Å². The third-order valence-electron chi connectivity index (χ3n) is 4.45. The third kappa shape index (κ3) is 5.32. The summed E-state index contributed by atoms with van der Waals surface area (Å²) in [6.07, 6.45) is -4.91. The van der Waals surface area contributed by atoms with Crippen molar-refractivity contribution in [1.82, 2.24) is 5.32 Å². The van der Waals surface area contributed by atoms with Crippen molar-refractivity contribution >= 4 is 34.4 Å².